The lowest BCUT2D eigenvalue weighted by Crippen LogP contribution is -2.49. The normalized spacial score (nSPS) is 14.8. The zero-order chi connectivity index (χ0) is 21.3. The van der Waals surface area contributed by atoms with Crippen LogP contribution in [0, 0.1) is 6.92 Å². The number of alkyl halides is 3. The largest absolute Gasteiger partial charge is 0.417 e. The molecule has 2 aromatic heterocycles. The number of halogens is 3. The Bertz CT molecular complexity index is 1040. The fourth-order valence-electron chi connectivity index (χ4n) is 3.45. The molecule has 1 saturated heterocycles. The van der Waals surface area contributed by atoms with Crippen molar-refractivity contribution in [3.8, 4) is 5.82 Å². The van der Waals surface area contributed by atoms with Gasteiger partial charge in [0, 0.05) is 44.6 Å². The van der Waals surface area contributed by atoms with E-state index in [-0.39, 0.29) is 5.56 Å². The zero-order valence-corrected chi connectivity index (χ0v) is 16.2. The summed E-state index contributed by atoms with van der Waals surface area (Å²) in [5.41, 5.74) is -1.23. The van der Waals surface area contributed by atoms with Gasteiger partial charge in [-0.25, -0.2) is 15.0 Å². The van der Waals surface area contributed by atoms with Gasteiger partial charge in [-0.3, -0.25) is 9.36 Å². The van der Waals surface area contributed by atoms with Gasteiger partial charge in [-0.1, -0.05) is 12.1 Å². The summed E-state index contributed by atoms with van der Waals surface area (Å²) in [4.78, 5) is 29.1. The second-order valence-electron chi connectivity index (χ2n) is 6.92. The lowest BCUT2D eigenvalue weighted by Gasteiger charge is -2.36. The third-order valence-electron chi connectivity index (χ3n) is 4.93. The van der Waals surface area contributed by atoms with Gasteiger partial charge in [0.2, 0.25) is 0 Å². The number of carbonyl (C=O) groups excluding carboxylic acids is 1. The maximum atomic E-state index is 13.3. The molecule has 156 valence electrons. The standard InChI is InChI=1S/C20H19F3N6O/c1-14-25-17(12-18(26-14)29-7-6-24-13-29)27-8-10-28(11-9-27)19(30)15-4-2-3-5-16(15)20(21,22)23/h2-7,12-13H,8-11H2,1H3. The molecule has 30 heavy (non-hydrogen) atoms. The molecule has 0 spiro atoms. The van der Waals surface area contributed by atoms with Crippen molar-refractivity contribution in [3.63, 3.8) is 0 Å². The Balaban J connectivity index is 1.49. The van der Waals surface area contributed by atoms with Gasteiger partial charge < -0.3 is 9.80 Å². The minimum atomic E-state index is -4.57. The first-order valence-electron chi connectivity index (χ1n) is 9.37. The maximum Gasteiger partial charge on any atom is 0.417 e. The van der Waals surface area contributed by atoms with Crippen molar-refractivity contribution in [2.24, 2.45) is 0 Å². The molecule has 0 aliphatic carbocycles. The van der Waals surface area contributed by atoms with Crippen molar-refractivity contribution in [3.05, 3.63) is 66.0 Å². The highest BCUT2D eigenvalue weighted by Crippen LogP contribution is 2.32. The van der Waals surface area contributed by atoms with Crippen LogP contribution in [0.4, 0.5) is 19.0 Å². The number of aromatic nitrogens is 4. The summed E-state index contributed by atoms with van der Waals surface area (Å²) in [7, 11) is 0. The van der Waals surface area contributed by atoms with Crippen molar-refractivity contribution in [2.45, 2.75) is 13.1 Å². The van der Waals surface area contributed by atoms with E-state index in [1.807, 2.05) is 11.0 Å². The van der Waals surface area contributed by atoms with E-state index in [9.17, 15) is 18.0 Å². The number of aryl methyl sites for hydroxylation is 1. The monoisotopic (exact) mass is 416 g/mol. The van der Waals surface area contributed by atoms with Crippen LogP contribution in [-0.2, 0) is 6.18 Å². The molecule has 4 rings (SSSR count). The Kier molecular flexibility index (Phi) is 5.15. The first-order valence-corrected chi connectivity index (χ1v) is 9.37. The van der Waals surface area contributed by atoms with E-state index in [4.69, 9.17) is 0 Å². The Labute approximate surface area is 170 Å². The van der Waals surface area contributed by atoms with Gasteiger partial charge in [0.05, 0.1) is 11.1 Å². The molecule has 1 aliphatic heterocycles. The molecule has 0 bridgehead atoms. The van der Waals surface area contributed by atoms with Crippen molar-refractivity contribution in [2.75, 3.05) is 31.1 Å². The number of anilines is 1. The number of amides is 1. The summed E-state index contributed by atoms with van der Waals surface area (Å²) in [5.74, 6) is 1.36. The van der Waals surface area contributed by atoms with Crippen LogP contribution < -0.4 is 4.90 Å². The molecule has 0 atom stereocenters. The van der Waals surface area contributed by atoms with Crippen molar-refractivity contribution in [1.82, 2.24) is 24.4 Å². The van der Waals surface area contributed by atoms with Crippen LogP contribution in [0.15, 0.2) is 49.1 Å². The smallest absolute Gasteiger partial charge is 0.353 e. The lowest BCUT2D eigenvalue weighted by molar-refractivity contribution is -0.138. The number of hydrogen-bond donors (Lipinski definition) is 0. The molecular weight excluding hydrogens is 397 g/mol. The van der Waals surface area contributed by atoms with Crippen molar-refractivity contribution >= 4 is 11.7 Å². The average Bonchev–Trinajstić information content (AvgIpc) is 3.27. The number of imidazole rings is 1. The summed E-state index contributed by atoms with van der Waals surface area (Å²) in [6.45, 7) is 3.31. The average molecular weight is 416 g/mol. The zero-order valence-electron chi connectivity index (χ0n) is 16.2. The predicted molar refractivity (Wildman–Crippen MR) is 103 cm³/mol. The third-order valence-corrected chi connectivity index (χ3v) is 4.93. The van der Waals surface area contributed by atoms with Crippen molar-refractivity contribution in [1.29, 1.82) is 0 Å². The van der Waals surface area contributed by atoms with E-state index < -0.39 is 17.6 Å². The number of piperazine rings is 1. The van der Waals surface area contributed by atoms with Gasteiger partial charge in [-0.05, 0) is 19.1 Å². The van der Waals surface area contributed by atoms with Gasteiger partial charge in [0.25, 0.3) is 5.91 Å². The van der Waals surface area contributed by atoms with Gasteiger partial charge in [0.15, 0.2) is 0 Å². The van der Waals surface area contributed by atoms with Crippen LogP contribution in [0.25, 0.3) is 5.82 Å². The first kappa shape index (κ1) is 19.9. The quantitative estimate of drug-likeness (QED) is 0.657. The highest BCUT2D eigenvalue weighted by atomic mass is 19.4. The van der Waals surface area contributed by atoms with E-state index in [2.05, 4.69) is 15.0 Å². The SMILES string of the molecule is Cc1nc(N2CCN(C(=O)c3ccccc3C(F)(F)F)CC2)cc(-n2ccnc2)n1. The van der Waals surface area contributed by atoms with E-state index in [1.54, 1.807) is 30.2 Å². The van der Waals surface area contributed by atoms with Crippen LogP contribution >= 0.6 is 0 Å². The molecular formula is C20H19F3N6O. The Hall–Kier alpha value is -3.43. The van der Waals surface area contributed by atoms with Gasteiger partial charge in [-0.2, -0.15) is 13.2 Å². The second-order valence-corrected chi connectivity index (χ2v) is 6.92. The van der Waals surface area contributed by atoms with Crippen LogP contribution in [-0.4, -0.2) is 56.5 Å². The minimum absolute atomic E-state index is 0.300. The molecule has 1 amide bonds. The molecule has 1 aromatic carbocycles. The van der Waals surface area contributed by atoms with Crippen LogP contribution in [0.1, 0.15) is 21.7 Å². The molecule has 3 heterocycles. The summed E-state index contributed by atoms with van der Waals surface area (Å²) in [6.07, 6.45) is 0.497. The third kappa shape index (κ3) is 3.98. The molecule has 10 heteroatoms. The molecule has 0 saturated carbocycles. The van der Waals surface area contributed by atoms with Gasteiger partial charge in [0.1, 0.15) is 23.8 Å². The van der Waals surface area contributed by atoms with E-state index in [0.29, 0.717) is 43.6 Å². The fourth-order valence-corrected chi connectivity index (χ4v) is 3.45. The molecule has 3 aromatic rings. The van der Waals surface area contributed by atoms with Crippen LogP contribution in [0.5, 0.6) is 0 Å². The molecule has 1 aliphatic rings. The summed E-state index contributed by atoms with van der Waals surface area (Å²) in [5, 5.41) is 0. The van der Waals surface area contributed by atoms with Crippen LogP contribution in [0.2, 0.25) is 0 Å². The molecule has 1 fully saturated rings. The number of benzene rings is 1. The molecule has 7 nitrogen and oxygen atoms in total. The van der Waals surface area contributed by atoms with Crippen LogP contribution in [0.3, 0.4) is 0 Å². The number of hydrogen-bond acceptors (Lipinski definition) is 5. The topological polar surface area (TPSA) is 67.2 Å². The highest BCUT2D eigenvalue weighted by molar-refractivity contribution is 5.96. The number of rotatable bonds is 3. The number of nitrogens with zero attached hydrogens (tertiary/aromatic N) is 6. The highest BCUT2D eigenvalue weighted by Gasteiger charge is 2.36. The molecule has 0 N–H and O–H groups in total. The summed E-state index contributed by atoms with van der Waals surface area (Å²) in [6, 6.07) is 6.71. The Morgan fingerprint density at radius 3 is 2.40 bits per heavy atom. The van der Waals surface area contributed by atoms with Gasteiger partial charge >= 0.3 is 6.18 Å². The van der Waals surface area contributed by atoms with E-state index in [0.717, 1.165) is 6.07 Å². The molecule has 0 unspecified atom stereocenters. The Morgan fingerprint density at radius 1 is 1.03 bits per heavy atom. The maximum absolute atomic E-state index is 13.3. The molecule has 0 radical (unpaired) electrons. The first-order chi connectivity index (χ1) is 14.3. The van der Waals surface area contributed by atoms with E-state index >= 15 is 0 Å². The minimum Gasteiger partial charge on any atom is -0.353 e. The second kappa shape index (κ2) is 7.77. The van der Waals surface area contributed by atoms with Crippen molar-refractivity contribution < 1.29 is 18.0 Å². The summed E-state index contributed by atoms with van der Waals surface area (Å²) >= 11 is 0. The Morgan fingerprint density at radius 2 is 1.73 bits per heavy atom. The van der Waals surface area contributed by atoms with Gasteiger partial charge in [-0.15, -0.1) is 0 Å². The predicted octanol–water partition coefficient (Wildman–Crippen LogP) is 2.95. The van der Waals surface area contributed by atoms with E-state index in [1.165, 1.54) is 23.1 Å². The lowest BCUT2D eigenvalue weighted by atomic mass is 10.1. The summed E-state index contributed by atoms with van der Waals surface area (Å²) < 4.78 is 41.5. The number of carbonyl (C=O) groups is 1. The fraction of sp³-hybridized carbons (Fsp3) is 0.300.